The molecule has 0 fully saturated rings. The van der Waals surface area contributed by atoms with Gasteiger partial charge >= 0.3 is 0 Å². The van der Waals surface area contributed by atoms with Crippen LogP contribution in [0, 0.1) is 17.0 Å². The Morgan fingerprint density at radius 2 is 2.15 bits per heavy atom. The second kappa shape index (κ2) is 7.43. The average molecular weight is 353 g/mol. The minimum Gasteiger partial charge on any atom is -0.455 e. The second-order valence-electron chi connectivity index (χ2n) is 5.53. The highest BCUT2D eigenvalue weighted by molar-refractivity contribution is 5.91. The first kappa shape index (κ1) is 17.1. The number of nitrogens with zero attached hydrogens (tertiary/aromatic N) is 4. The SMILES string of the molecule is Cc1cnn(CC(=O)Nc2cc(Oc3cccnc3)cc([N+](=O)[O-])c2)c1. The summed E-state index contributed by atoms with van der Waals surface area (Å²) in [5, 5.41) is 17.8. The third-order valence-electron chi connectivity index (χ3n) is 3.32. The molecule has 0 spiro atoms. The van der Waals surface area contributed by atoms with Crippen molar-refractivity contribution in [2.24, 2.45) is 0 Å². The number of non-ortho nitro benzene ring substituents is 1. The first-order valence-electron chi connectivity index (χ1n) is 7.66. The van der Waals surface area contributed by atoms with Gasteiger partial charge in [-0.05, 0) is 24.6 Å². The minimum atomic E-state index is -0.553. The molecule has 0 aliphatic carbocycles. The highest BCUT2D eigenvalue weighted by atomic mass is 16.6. The van der Waals surface area contributed by atoms with E-state index in [4.69, 9.17) is 4.74 Å². The Morgan fingerprint density at radius 1 is 1.31 bits per heavy atom. The molecule has 1 N–H and O–H groups in total. The molecule has 1 amide bonds. The Hall–Kier alpha value is -3.75. The molecule has 3 aromatic rings. The summed E-state index contributed by atoms with van der Waals surface area (Å²) in [6.45, 7) is 1.86. The van der Waals surface area contributed by atoms with Gasteiger partial charge in [0.2, 0.25) is 5.91 Å². The number of aryl methyl sites for hydroxylation is 1. The fourth-order valence-corrected chi connectivity index (χ4v) is 2.26. The van der Waals surface area contributed by atoms with Crippen molar-refractivity contribution in [3.05, 3.63) is 70.8 Å². The van der Waals surface area contributed by atoms with Gasteiger partial charge in [0.05, 0.1) is 29.1 Å². The minimum absolute atomic E-state index is 0.00464. The van der Waals surface area contributed by atoms with Crippen molar-refractivity contribution >= 4 is 17.3 Å². The predicted octanol–water partition coefficient (Wildman–Crippen LogP) is 2.93. The highest BCUT2D eigenvalue weighted by Gasteiger charge is 2.13. The molecule has 0 aliphatic rings. The number of anilines is 1. The van der Waals surface area contributed by atoms with E-state index in [1.54, 1.807) is 30.7 Å². The first-order chi connectivity index (χ1) is 12.5. The van der Waals surface area contributed by atoms with Crippen LogP contribution in [0.5, 0.6) is 11.5 Å². The number of carbonyl (C=O) groups excluding carboxylic acids is 1. The van der Waals surface area contributed by atoms with Crippen molar-refractivity contribution in [3.63, 3.8) is 0 Å². The van der Waals surface area contributed by atoms with E-state index < -0.39 is 4.92 Å². The van der Waals surface area contributed by atoms with Crippen molar-refractivity contribution in [1.29, 1.82) is 0 Å². The van der Waals surface area contributed by atoms with Crippen LogP contribution in [0.2, 0.25) is 0 Å². The van der Waals surface area contributed by atoms with E-state index >= 15 is 0 Å². The van der Waals surface area contributed by atoms with Crippen molar-refractivity contribution in [3.8, 4) is 11.5 Å². The number of pyridine rings is 1. The lowest BCUT2D eigenvalue weighted by Crippen LogP contribution is -2.19. The maximum Gasteiger partial charge on any atom is 0.275 e. The van der Waals surface area contributed by atoms with Gasteiger partial charge in [-0.2, -0.15) is 5.10 Å². The van der Waals surface area contributed by atoms with Gasteiger partial charge in [-0.3, -0.25) is 24.6 Å². The molecule has 9 nitrogen and oxygen atoms in total. The number of amides is 1. The molecule has 132 valence electrons. The van der Waals surface area contributed by atoms with E-state index in [1.165, 1.54) is 29.1 Å². The number of aromatic nitrogens is 3. The number of carbonyl (C=O) groups is 1. The number of rotatable bonds is 6. The van der Waals surface area contributed by atoms with Crippen molar-refractivity contribution in [2.75, 3.05) is 5.32 Å². The zero-order valence-corrected chi connectivity index (χ0v) is 13.8. The van der Waals surface area contributed by atoms with Crippen LogP contribution in [0.15, 0.2) is 55.1 Å². The van der Waals surface area contributed by atoms with E-state index in [1.807, 2.05) is 6.92 Å². The van der Waals surface area contributed by atoms with Crippen molar-refractivity contribution < 1.29 is 14.5 Å². The molecule has 0 saturated heterocycles. The van der Waals surface area contributed by atoms with Crippen LogP contribution in [0.3, 0.4) is 0 Å². The van der Waals surface area contributed by atoms with Crippen LogP contribution in [0.4, 0.5) is 11.4 Å². The molecule has 9 heteroatoms. The molecule has 3 rings (SSSR count). The maximum absolute atomic E-state index is 12.1. The quantitative estimate of drug-likeness (QED) is 0.538. The van der Waals surface area contributed by atoms with Gasteiger partial charge in [-0.1, -0.05) is 0 Å². The summed E-state index contributed by atoms with van der Waals surface area (Å²) in [7, 11) is 0. The summed E-state index contributed by atoms with van der Waals surface area (Å²) in [5.41, 5.74) is 0.990. The Kier molecular flexibility index (Phi) is 4.88. The molecule has 0 atom stereocenters. The number of nitro benzene ring substituents is 1. The summed E-state index contributed by atoms with van der Waals surface area (Å²) in [6.07, 6.45) is 6.44. The van der Waals surface area contributed by atoms with Gasteiger partial charge in [-0.15, -0.1) is 0 Å². The van der Waals surface area contributed by atoms with Crippen molar-refractivity contribution in [1.82, 2.24) is 14.8 Å². The largest absolute Gasteiger partial charge is 0.455 e. The number of benzene rings is 1. The summed E-state index contributed by atoms with van der Waals surface area (Å²) in [4.78, 5) is 26.7. The van der Waals surface area contributed by atoms with E-state index in [0.29, 0.717) is 5.75 Å². The van der Waals surface area contributed by atoms with Gasteiger partial charge in [-0.25, -0.2) is 0 Å². The topological polar surface area (TPSA) is 112 Å². The Bertz CT molecular complexity index is 939. The Morgan fingerprint density at radius 3 is 2.81 bits per heavy atom. The standard InChI is InChI=1S/C17H15N5O4/c1-12-8-19-21(10-12)11-17(23)20-13-5-14(22(24)25)7-16(6-13)26-15-3-2-4-18-9-15/h2-10H,11H2,1H3,(H,20,23). The van der Waals surface area contributed by atoms with E-state index in [2.05, 4.69) is 15.4 Å². The molecule has 0 unspecified atom stereocenters. The van der Waals surface area contributed by atoms with Crippen LogP contribution in [0.25, 0.3) is 0 Å². The molecule has 26 heavy (non-hydrogen) atoms. The number of ether oxygens (including phenoxy) is 1. The zero-order valence-electron chi connectivity index (χ0n) is 13.8. The molecule has 0 aliphatic heterocycles. The van der Waals surface area contributed by atoms with Gasteiger partial charge < -0.3 is 10.1 Å². The lowest BCUT2D eigenvalue weighted by Gasteiger charge is -2.09. The number of nitrogens with one attached hydrogen (secondary N) is 1. The third-order valence-corrected chi connectivity index (χ3v) is 3.32. The summed E-state index contributed by atoms with van der Waals surface area (Å²) < 4.78 is 7.06. The number of nitro groups is 1. The zero-order chi connectivity index (χ0) is 18.5. The average Bonchev–Trinajstić information content (AvgIpc) is 3.00. The highest BCUT2D eigenvalue weighted by Crippen LogP contribution is 2.29. The Balaban J connectivity index is 1.79. The van der Waals surface area contributed by atoms with Gasteiger partial charge in [0.25, 0.3) is 5.69 Å². The maximum atomic E-state index is 12.1. The van der Waals surface area contributed by atoms with Crippen LogP contribution in [-0.2, 0) is 11.3 Å². The van der Waals surface area contributed by atoms with Crippen LogP contribution in [0.1, 0.15) is 5.56 Å². The van der Waals surface area contributed by atoms with E-state index in [0.717, 1.165) is 5.56 Å². The number of hydrogen-bond donors (Lipinski definition) is 1. The summed E-state index contributed by atoms with van der Waals surface area (Å²) >= 11 is 0. The normalized spacial score (nSPS) is 10.3. The summed E-state index contributed by atoms with van der Waals surface area (Å²) in [6, 6.07) is 7.40. The fraction of sp³-hybridized carbons (Fsp3) is 0.118. The fourth-order valence-electron chi connectivity index (χ4n) is 2.26. The lowest BCUT2D eigenvalue weighted by atomic mass is 10.2. The third kappa shape index (κ3) is 4.41. The van der Waals surface area contributed by atoms with Crippen molar-refractivity contribution in [2.45, 2.75) is 13.5 Å². The van der Waals surface area contributed by atoms with Crippen LogP contribution >= 0.6 is 0 Å². The van der Waals surface area contributed by atoms with Gasteiger partial charge in [0, 0.05) is 24.5 Å². The van der Waals surface area contributed by atoms with E-state index in [9.17, 15) is 14.9 Å². The van der Waals surface area contributed by atoms with Gasteiger partial charge in [0.15, 0.2) is 0 Å². The molecule has 0 saturated carbocycles. The molecule has 0 radical (unpaired) electrons. The first-order valence-corrected chi connectivity index (χ1v) is 7.66. The second-order valence-corrected chi connectivity index (χ2v) is 5.53. The molecule has 1 aromatic carbocycles. The van der Waals surface area contributed by atoms with Gasteiger partial charge in [0.1, 0.15) is 18.0 Å². The molecular formula is C17H15N5O4. The predicted molar refractivity (Wildman–Crippen MR) is 93.0 cm³/mol. The number of hydrogen-bond acceptors (Lipinski definition) is 6. The molecular weight excluding hydrogens is 338 g/mol. The van der Waals surface area contributed by atoms with Crippen LogP contribution < -0.4 is 10.1 Å². The lowest BCUT2D eigenvalue weighted by molar-refractivity contribution is -0.384. The molecule has 0 bridgehead atoms. The summed E-state index contributed by atoms with van der Waals surface area (Å²) in [5.74, 6) is 0.288. The van der Waals surface area contributed by atoms with Crippen LogP contribution in [-0.4, -0.2) is 25.6 Å². The van der Waals surface area contributed by atoms with E-state index in [-0.39, 0.29) is 29.6 Å². The monoisotopic (exact) mass is 353 g/mol. The molecule has 2 heterocycles. The molecule has 2 aromatic heterocycles. The smallest absolute Gasteiger partial charge is 0.275 e. The Labute approximate surface area is 148 Å².